The number of amides is 1. The van der Waals surface area contributed by atoms with Crippen molar-refractivity contribution in [2.45, 2.75) is 17.5 Å². The summed E-state index contributed by atoms with van der Waals surface area (Å²) in [4.78, 5) is 11.9. The van der Waals surface area contributed by atoms with E-state index in [1.807, 2.05) is 6.07 Å². The van der Waals surface area contributed by atoms with Gasteiger partial charge in [-0.15, -0.1) is 0 Å². The average molecular weight is 489 g/mol. The molecule has 0 aromatic heterocycles. The van der Waals surface area contributed by atoms with E-state index in [1.54, 1.807) is 24.3 Å². The third-order valence-corrected chi connectivity index (χ3v) is 5.86. The van der Waals surface area contributed by atoms with Crippen LogP contribution in [0.25, 0.3) is 0 Å². The number of carbonyl (C=O) groups excluding carboxylic acids is 1. The van der Waals surface area contributed by atoms with Crippen molar-refractivity contribution >= 4 is 27.3 Å². The molecule has 0 heterocycles. The summed E-state index contributed by atoms with van der Waals surface area (Å²) in [5, 5.41) is 11.3. The topological polar surface area (TPSA) is 108 Å². The van der Waals surface area contributed by atoms with Crippen LogP contribution in [-0.2, 0) is 27.4 Å². The SMILES string of the molecule is N#CCc1ccc(NC(=O)COc2ccc(S(=O)(=O)Nc3cccc(C(F)(F)F)c3)cc2)cc1. The summed E-state index contributed by atoms with van der Waals surface area (Å²) in [5.41, 5.74) is 0.132. The molecule has 11 heteroatoms. The van der Waals surface area contributed by atoms with Crippen molar-refractivity contribution in [3.05, 3.63) is 83.9 Å². The summed E-state index contributed by atoms with van der Waals surface area (Å²) >= 11 is 0. The Morgan fingerprint density at radius 2 is 1.65 bits per heavy atom. The van der Waals surface area contributed by atoms with Gasteiger partial charge in [-0.2, -0.15) is 18.4 Å². The van der Waals surface area contributed by atoms with E-state index in [1.165, 1.54) is 30.3 Å². The molecule has 3 rings (SSSR count). The van der Waals surface area contributed by atoms with Gasteiger partial charge in [0.05, 0.1) is 22.9 Å². The monoisotopic (exact) mass is 489 g/mol. The Bertz CT molecular complexity index is 1300. The Kier molecular flexibility index (Phi) is 7.43. The van der Waals surface area contributed by atoms with E-state index in [0.717, 1.165) is 17.7 Å². The van der Waals surface area contributed by atoms with Gasteiger partial charge in [0, 0.05) is 11.4 Å². The van der Waals surface area contributed by atoms with Crippen LogP contribution in [0, 0.1) is 11.3 Å². The van der Waals surface area contributed by atoms with E-state index in [-0.39, 0.29) is 29.4 Å². The van der Waals surface area contributed by atoms with Gasteiger partial charge in [-0.3, -0.25) is 9.52 Å². The number of anilines is 2. The predicted molar refractivity (Wildman–Crippen MR) is 119 cm³/mol. The standard InChI is InChI=1S/C23H18F3N3O4S/c24-23(25,26)17-2-1-3-19(14-17)29-34(31,32)21-10-8-20(9-11-21)33-15-22(30)28-18-6-4-16(5-7-18)12-13-27/h1-11,14,29H,12,15H2,(H,28,30). The van der Waals surface area contributed by atoms with Crippen LogP contribution in [0.1, 0.15) is 11.1 Å². The number of alkyl halides is 3. The van der Waals surface area contributed by atoms with E-state index < -0.39 is 27.7 Å². The Balaban J connectivity index is 1.58. The highest BCUT2D eigenvalue weighted by Gasteiger charge is 2.30. The number of hydrogen-bond acceptors (Lipinski definition) is 5. The molecule has 0 atom stereocenters. The maximum Gasteiger partial charge on any atom is 0.416 e. The Morgan fingerprint density at radius 3 is 2.26 bits per heavy atom. The fraction of sp³-hybridized carbons (Fsp3) is 0.130. The molecule has 7 nitrogen and oxygen atoms in total. The summed E-state index contributed by atoms with van der Waals surface area (Å²) in [5.74, 6) is -0.228. The van der Waals surface area contributed by atoms with Gasteiger partial charge < -0.3 is 10.1 Å². The molecule has 0 saturated carbocycles. The number of carbonyl (C=O) groups is 1. The smallest absolute Gasteiger partial charge is 0.416 e. The first-order valence-electron chi connectivity index (χ1n) is 9.75. The van der Waals surface area contributed by atoms with Crippen molar-refractivity contribution in [1.82, 2.24) is 0 Å². The van der Waals surface area contributed by atoms with Gasteiger partial charge in [-0.25, -0.2) is 8.42 Å². The molecule has 0 aliphatic carbocycles. The molecule has 0 bridgehead atoms. The van der Waals surface area contributed by atoms with Crippen molar-refractivity contribution in [2.24, 2.45) is 0 Å². The van der Waals surface area contributed by atoms with E-state index in [2.05, 4.69) is 10.0 Å². The fourth-order valence-electron chi connectivity index (χ4n) is 2.83. The molecule has 176 valence electrons. The average Bonchev–Trinajstić information content (AvgIpc) is 2.79. The van der Waals surface area contributed by atoms with Crippen molar-refractivity contribution in [3.8, 4) is 11.8 Å². The predicted octanol–water partition coefficient (Wildman–Crippen LogP) is 4.59. The molecule has 0 fully saturated rings. The first kappa shape index (κ1) is 24.6. The van der Waals surface area contributed by atoms with Crippen molar-refractivity contribution < 1.29 is 31.1 Å². The molecule has 0 radical (unpaired) electrons. The largest absolute Gasteiger partial charge is 0.484 e. The highest BCUT2D eigenvalue weighted by Crippen LogP contribution is 2.31. The van der Waals surface area contributed by atoms with Gasteiger partial charge in [0.15, 0.2) is 6.61 Å². The normalized spacial score (nSPS) is 11.4. The Hall–Kier alpha value is -4.04. The summed E-state index contributed by atoms with van der Waals surface area (Å²) < 4.78 is 70.9. The number of nitrogens with zero attached hydrogens (tertiary/aromatic N) is 1. The second kappa shape index (κ2) is 10.3. The van der Waals surface area contributed by atoms with Crippen LogP contribution < -0.4 is 14.8 Å². The summed E-state index contributed by atoms with van der Waals surface area (Å²) in [6, 6.07) is 17.7. The minimum Gasteiger partial charge on any atom is -0.484 e. The summed E-state index contributed by atoms with van der Waals surface area (Å²) in [6.45, 7) is -0.339. The molecule has 0 spiro atoms. The molecule has 2 N–H and O–H groups in total. The molecule has 0 unspecified atom stereocenters. The molecule has 34 heavy (non-hydrogen) atoms. The van der Waals surface area contributed by atoms with Crippen molar-refractivity contribution in [2.75, 3.05) is 16.6 Å². The highest BCUT2D eigenvalue weighted by atomic mass is 32.2. The van der Waals surface area contributed by atoms with Crippen LogP contribution in [0.2, 0.25) is 0 Å². The second-order valence-corrected chi connectivity index (χ2v) is 8.71. The van der Waals surface area contributed by atoms with E-state index in [9.17, 15) is 26.4 Å². The van der Waals surface area contributed by atoms with Crippen LogP contribution >= 0.6 is 0 Å². The number of halogens is 3. The molecular weight excluding hydrogens is 471 g/mol. The lowest BCUT2D eigenvalue weighted by atomic mass is 10.1. The minimum absolute atomic E-state index is 0.195. The van der Waals surface area contributed by atoms with Gasteiger partial charge in [-0.1, -0.05) is 18.2 Å². The third-order valence-electron chi connectivity index (χ3n) is 4.47. The second-order valence-electron chi connectivity index (χ2n) is 7.02. The van der Waals surface area contributed by atoms with Gasteiger partial charge >= 0.3 is 6.18 Å². The Labute approximate surface area is 193 Å². The van der Waals surface area contributed by atoms with Crippen molar-refractivity contribution in [3.63, 3.8) is 0 Å². The molecule has 1 amide bonds. The first-order valence-corrected chi connectivity index (χ1v) is 11.2. The molecule has 3 aromatic carbocycles. The first-order chi connectivity index (χ1) is 16.1. The summed E-state index contributed by atoms with van der Waals surface area (Å²) in [7, 11) is -4.14. The van der Waals surface area contributed by atoms with Crippen LogP contribution in [0.5, 0.6) is 5.75 Å². The van der Waals surface area contributed by atoms with Gasteiger partial charge in [0.2, 0.25) is 0 Å². The zero-order chi connectivity index (χ0) is 24.8. The van der Waals surface area contributed by atoms with Gasteiger partial charge in [0.25, 0.3) is 15.9 Å². The van der Waals surface area contributed by atoms with Gasteiger partial charge in [-0.05, 0) is 60.2 Å². The number of ether oxygens (including phenoxy) is 1. The minimum atomic E-state index is -4.60. The van der Waals surface area contributed by atoms with Crippen LogP contribution in [0.4, 0.5) is 24.5 Å². The van der Waals surface area contributed by atoms with Crippen LogP contribution in [0.15, 0.2) is 77.7 Å². The maximum atomic E-state index is 12.8. The lowest BCUT2D eigenvalue weighted by Crippen LogP contribution is -2.20. The number of hydrogen-bond donors (Lipinski definition) is 2. The van der Waals surface area contributed by atoms with E-state index >= 15 is 0 Å². The zero-order valence-corrected chi connectivity index (χ0v) is 18.3. The van der Waals surface area contributed by atoms with E-state index in [4.69, 9.17) is 10.00 Å². The number of rotatable bonds is 8. The lowest BCUT2D eigenvalue weighted by Gasteiger charge is -2.12. The molecule has 3 aromatic rings. The number of benzene rings is 3. The highest BCUT2D eigenvalue weighted by molar-refractivity contribution is 7.92. The fourth-order valence-corrected chi connectivity index (χ4v) is 3.88. The number of nitrogens with one attached hydrogen (secondary N) is 2. The van der Waals surface area contributed by atoms with E-state index in [0.29, 0.717) is 11.8 Å². The summed E-state index contributed by atoms with van der Waals surface area (Å²) in [6.07, 6.45) is -4.34. The Morgan fingerprint density at radius 1 is 0.971 bits per heavy atom. The number of sulfonamides is 1. The maximum absolute atomic E-state index is 12.8. The zero-order valence-electron chi connectivity index (χ0n) is 17.5. The van der Waals surface area contributed by atoms with Crippen molar-refractivity contribution in [1.29, 1.82) is 5.26 Å². The molecule has 0 saturated heterocycles. The number of nitriles is 1. The van der Waals surface area contributed by atoms with Crippen LogP contribution in [0.3, 0.4) is 0 Å². The molecule has 0 aliphatic rings. The third kappa shape index (κ3) is 6.73. The van der Waals surface area contributed by atoms with Gasteiger partial charge in [0.1, 0.15) is 5.75 Å². The van der Waals surface area contributed by atoms with Crippen LogP contribution in [-0.4, -0.2) is 20.9 Å². The molecule has 0 aliphatic heterocycles. The lowest BCUT2D eigenvalue weighted by molar-refractivity contribution is -0.137. The molecular formula is C23H18F3N3O4S. The quantitative estimate of drug-likeness (QED) is 0.481.